The van der Waals surface area contributed by atoms with E-state index >= 15 is 0 Å². The largest absolute Gasteiger partial charge is 0.324 e. The lowest BCUT2D eigenvalue weighted by molar-refractivity contribution is 0.927. The Kier molecular flexibility index (Phi) is 3.31. The van der Waals surface area contributed by atoms with E-state index in [1.165, 1.54) is 6.20 Å². The summed E-state index contributed by atoms with van der Waals surface area (Å²) in [6.45, 7) is 2.75. The first-order valence-electron chi connectivity index (χ1n) is 5.41. The van der Waals surface area contributed by atoms with Crippen LogP contribution in [0.15, 0.2) is 42.6 Å². The van der Waals surface area contributed by atoms with E-state index in [9.17, 15) is 0 Å². The maximum absolute atomic E-state index is 9.07. The van der Waals surface area contributed by atoms with Gasteiger partial charge < -0.3 is 4.90 Å². The molecule has 4 nitrogen and oxygen atoms in total. The SMILES string of the molecule is CCN(c1ccccc1)c1nnccc1C#N. The zero-order valence-corrected chi connectivity index (χ0v) is 9.54. The van der Waals surface area contributed by atoms with Gasteiger partial charge in [-0.1, -0.05) is 18.2 Å². The summed E-state index contributed by atoms with van der Waals surface area (Å²) >= 11 is 0. The van der Waals surface area contributed by atoms with Gasteiger partial charge in [0.05, 0.1) is 11.8 Å². The number of hydrogen-bond acceptors (Lipinski definition) is 4. The van der Waals surface area contributed by atoms with Crippen LogP contribution < -0.4 is 4.90 Å². The molecule has 0 unspecified atom stereocenters. The highest BCUT2D eigenvalue weighted by atomic mass is 15.3. The van der Waals surface area contributed by atoms with Crippen LogP contribution in [0, 0.1) is 11.3 Å². The van der Waals surface area contributed by atoms with E-state index in [0.717, 1.165) is 12.2 Å². The van der Waals surface area contributed by atoms with Crippen LogP contribution in [-0.4, -0.2) is 16.7 Å². The van der Waals surface area contributed by atoms with E-state index in [4.69, 9.17) is 5.26 Å². The van der Waals surface area contributed by atoms with E-state index in [0.29, 0.717) is 11.4 Å². The molecule has 0 spiro atoms. The second-order valence-electron chi connectivity index (χ2n) is 3.46. The molecule has 0 aliphatic rings. The highest BCUT2D eigenvalue weighted by Crippen LogP contribution is 2.24. The van der Waals surface area contributed by atoms with Crippen molar-refractivity contribution in [1.29, 1.82) is 5.26 Å². The second-order valence-corrected chi connectivity index (χ2v) is 3.46. The van der Waals surface area contributed by atoms with Gasteiger partial charge in [-0.2, -0.15) is 10.4 Å². The molecule has 0 radical (unpaired) electrons. The molecule has 1 heterocycles. The molecule has 0 saturated heterocycles. The van der Waals surface area contributed by atoms with E-state index in [1.807, 2.05) is 42.2 Å². The Morgan fingerprint density at radius 2 is 2.00 bits per heavy atom. The Morgan fingerprint density at radius 1 is 1.24 bits per heavy atom. The molecule has 0 atom stereocenters. The summed E-state index contributed by atoms with van der Waals surface area (Å²) in [5, 5.41) is 17.0. The van der Waals surface area contributed by atoms with E-state index in [1.54, 1.807) is 6.07 Å². The van der Waals surface area contributed by atoms with E-state index in [-0.39, 0.29) is 0 Å². The molecule has 0 aliphatic heterocycles. The molecular weight excluding hydrogens is 212 g/mol. The van der Waals surface area contributed by atoms with Crippen molar-refractivity contribution in [2.45, 2.75) is 6.92 Å². The van der Waals surface area contributed by atoms with Crippen molar-refractivity contribution in [3.8, 4) is 6.07 Å². The predicted molar refractivity (Wildman–Crippen MR) is 65.9 cm³/mol. The van der Waals surface area contributed by atoms with Crippen LogP contribution in [0.25, 0.3) is 0 Å². The van der Waals surface area contributed by atoms with Gasteiger partial charge >= 0.3 is 0 Å². The van der Waals surface area contributed by atoms with Gasteiger partial charge in [0.15, 0.2) is 5.82 Å². The lowest BCUT2D eigenvalue weighted by Crippen LogP contribution is -2.18. The topological polar surface area (TPSA) is 52.8 Å². The third-order valence-electron chi connectivity index (χ3n) is 2.46. The third-order valence-corrected chi connectivity index (χ3v) is 2.46. The molecule has 0 fully saturated rings. The quantitative estimate of drug-likeness (QED) is 0.803. The van der Waals surface area contributed by atoms with Crippen molar-refractivity contribution < 1.29 is 0 Å². The van der Waals surface area contributed by atoms with Gasteiger partial charge in [0, 0.05) is 12.2 Å². The molecule has 1 aromatic heterocycles. The highest BCUT2D eigenvalue weighted by Gasteiger charge is 2.12. The number of benzene rings is 1. The molecule has 0 bridgehead atoms. The number of hydrogen-bond donors (Lipinski definition) is 0. The van der Waals surface area contributed by atoms with Gasteiger partial charge in [-0.15, -0.1) is 5.10 Å². The lowest BCUT2D eigenvalue weighted by atomic mass is 10.2. The van der Waals surface area contributed by atoms with Gasteiger partial charge in [0.25, 0.3) is 0 Å². The number of nitriles is 1. The molecule has 84 valence electrons. The van der Waals surface area contributed by atoms with Gasteiger partial charge in [0.1, 0.15) is 6.07 Å². The summed E-state index contributed by atoms with van der Waals surface area (Å²) in [5.41, 5.74) is 1.54. The molecule has 0 N–H and O–H groups in total. The fourth-order valence-electron chi connectivity index (χ4n) is 1.67. The van der Waals surface area contributed by atoms with Crippen LogP contribution in [0.5, 0.6) is 0 Å². The smallest absolute Gasteiger partial charge is 0.173 e. The molecular formula is C13H12N4. The fourth-order valence-corrected chi connectivity index (χ4v) is 1.67. The molecule has 0 aliphatic carbocycles. The van der Waals surface area contributed by atoms with Gasteiger partial charge in [-0.3, -0.25) is 0 Å². The Balaban J connectivity index is 2.47. The Hall–Kier alpha value is -2.41. The first-order chi connectivity index (χ1) is 8.36. The maximum Gasteiger partial charge on any atom is 0.173 e. The molecule has 17 heavy (non-hydrogen) atoms. The number of aromatic nitrogens is 2. The number of rotatable bonds is 3. The van der Waals surface area contributed by atoms with E-state index in [2.05, 4.69) is 16.3 Å². The standard InChI is InChI=1S/C13H12N4/c1-2-17(12-6-4-3-5-7-12)13-11(10-14)8-9-15-16-13/h3-9H,2H2,1H3. The molecule has 2 rings (SSSR count). The van der Waals surface area contributed by atoms with Crippen molar-refractivity contribution in [2.24, 2.45) is 0 Å². The first-order valence-corrected chi connectivity index (χ1v) is 5.41. The van der Waals surface area contributed by atoms with Crippen LogP contribution in [-0.2, 0) is 0 Å². The second kappa shape index (κ2) is 5.08. The number of nitrogens with zero attached hydrogens (tertiary/aromatic N) is 4. The van der Waals surface area contributed by atoms with Gasteiger partial charge in [-0.05, 0) is 25.1 Å². The zero-order chi connectivity index (χ0) is 12.1. The van der Waals surface area contributed by atoms with Crippen molar-refractivity contribution >= 4 is 11.5 Å². The summed E-state index contributed by atoms with van der Waals surface area (Å²) in [7, 11) is 0. The monoisotopic (exact) mass is 224 g/mol. The number of para-hydroxylation sites is 1. The predicted octanol–water partition coefficient (Wildman–Crippen LogP) is 2.51. The Labute approximate surface area is 100 Å². The average Bonchev–Trinajstić information content (AvgIpc) is 2.41. The molecule has 0 amide bonds. The molecule has 4 heteroatoms. The normalized spacial score (nSPS) is 9.65. The van der Waals surface area contributed by atoms with Crippen LogP contribution >= 0.6 is 0 Å². The summed E-state index contributed by atoms with van der Waals surface area (Å²) in [6, 6.07) is 13.7. The van der Waals surface area contributed by atoms with Crippen molar-refractivity contribution in [3.63, 3.8) is 0 Å². The van der Waals surface area contributed by atoms with E-state index < -0.39 is 0 Å². The Morgan fingerprint density at radius 3 is 2.65 bits per heavy atom. The third kappa shape index (κ3) is 2.23. The van der Waals surface area contributed by atoms with Crippen LogP contribution in [0.4, 0.5) is 11.5 Å². The van der Waals surface area contributed by atoms with Gasteiger partial charge in [-0.25, -0.2) is 0 Å². The first kappa shape index (κ1) is 11.1. The number of anilines is 2. The Bertz CT molecular complexity index is 531. The van der Waals surface area contributed by atoms with Crippen molar-refractivity contribution in [3.05, 3.63) is 48.2 Å². The van der Waals surface area contributed by atoms with Crippen LogP contribution in [0.1, 0.15) is 12.5 Å². The summed E-state index contributed by atoms with van der Waals surface area (Å²) in [5.74, 6) is 0.601. The zero-order valence-electron chi connectivity index (χ0n) is 9.54. The van der Waals surface area contributed by atoms with Crippen LogP contribution in [0.2, 0.25) is 0 Å². The summed E-state index contributed by atoms with van der Waals surface area (Å²) in [6.07, 6.45) is 1.53. The highest BCUT2D eigenvalue weighted by molar-refractivity contribution is 5.64. The fraction of sp³-hybridized carbons (Fsp3) is 0.154. The van der Waals surface area contributed by atoms with Gasteiger partial charge in [0.2, 0.25) is 0 Å². The molecule has 0 saturated carbocycles. The molecule has 1 aromatic carbocycles. The average molecular weight is 224 g/mol. The van der Waals surface area contributed by atoms with Crippen LogP contribution in [0.3, 0.4) is 0 Å². The van der Waals surface area contributed by atoms with Crippen molar-refractivity contribution in [2.75, 3.05) is 11.4 Å². The minimum absolute atomic E-state index is 0.533. The minimum Gasteiger partial charge on any atom is -0.324 e. The summed E-state index contributed by atoms with van der Waals surface area (Å²) in [4.78, 5) is 1.96. The summed E-state index contributed by atoms with van der Waals surface area (Å²) < 4.78 is 0. The maximum atomic E-state index is 9.07. The van der Waals surface area contributed by atoms with Crippen molar-refractivity contribution in [1.82, 2.24) is 10.2 Å². The minimum atomic E-state index is 0.533. The molecule has 2 aromatic rings. The lowest BCUT2D eigenvalue weighted by Gasteiger charge is -2.21.